The number of ether oxygens (including phenoxy) is 3. The van der Waals surface area contributed by atoms with E-state index in [4.69, 9.17) is 14.2 Å². The number of aliphatic hydroxyl groups is 1. The van der Waals surface area contributed by atoms with Crippen LogP contribution in [-0.2, 0) is 14.2 Å². The number of hydrogen-bond acceptors (Lipinski definition) is 4. The van der Waals surface area contributed by atoms with Crippen molar-refractivity contribution in [2.45, 2.75) is 90.1 Å². The van der Waals surface area contributed by atoms with Gasteiger partial charge in [0.1, 0.15) is 12.9 Å². The zero-order chi connectivity index (χ0) is 17.3. The molecular formula is C19H34O4. The predicted molar refractivity (Wildman–Crippen MR) is 92.0 cm³/mol. The van der Waals surface area contributed by atoms with Crippen molar-refractivity contribution in [2.75, 3.05) is 13.9 Å². The first-order chi connectivity index (χ1) is 10.9. The van der Waals surface area contributed by atoms with Crippen LogP contribution in [0.1, 0.15) is 66.2 Å². The van der Waals surface area contributed by atoms with Gasteiger partial charge in [-0.3, -0.25) is 0 Å². The molecule has 0 aliphatic heterocycles. The van der Waals surface area contributed by atoms with Crippen molar-refractivity contribution in [3.05, 3.63) is 0 Å². The maximum absolute atomic E-state index is 10.3. The highest BCUT2D eigenvalue weighted by atomic mass is 16.7. The maximum Gasteiger partial charge on any atom is 0.146 e. The molecule has 1 saturated carbocycles. The number of aliphatic hydroxyl groups excluding tert-OH is 1. The molecule has 0 aromatic heterocycles. The summed E-state index contributed by atoms with van der Waals surface area (Å²) in [5.74, 6) is 6.47. The Kier molecular flexibility index (Phi) is 9.16. The minimum atomic E-state index is -0.538. The van der Waals surface area contributed by atoms with E-state index in [1.54, 1.807) is 7.11 Å². The van der Waals surface area contributed by atoms with Crippen LogP contribution in [0.25, 0.3) is 0 Å². The Morgan fingerprint density at radius 3 is 2.57 bits per heavy atom. The number of hydrogen-bond donors (Lipinski definition) is 1. The van der Waals surface area contributed by atoms with Gasteiger partial charge in [0, 0.05) is 13.0 Å². The Bertz CT molecular complexity index is 377. The van der Waals surface area contributed by atoms with Crippen molar-refractivity contribution < 1.29 is 19.3 Å². The Labute approximate surface area is 141 Å². The summed E-state index contributed by atoms with van der Waals surface area (Å²) in [6.07, 6.45) is 5.38. The lowest BCUT2D eigenvalue weighted by Gasteiger charge is -2.24. The molecule has 0 amide bonds. The quantitative estimate of drug-likeness (QED) is 0.421. The molecule has 134 valence electrons. The molecule has 1 unspecified atom stereocenters. The molecular weight excluding hydrogens is 292 g/mol. The smallest absolute Gasteiger partial charge is 0.146 e. The largest absolute Gasteiger partial charge is 0.389 e. The predicted octanol–water partition coefficient (Wildman–Crippen LogP) is 3.51. The molecule has 4 atom stereocenters. The zero-order valence-corrected chi connectivity index (χ0v) is 15.4. The van der Waals surface area contributed by atoms with Crippen LogP contribution in [0.2, 0.25) is 0 Å². The molecule has 0 radical (unpaired) electrons. The van der Waals surface area contributed by atoms with Crippen LogP contribution in [0.3, 0.4) is 0 Å². The van der Waals surface area contributed by atoms with Crippen molar-refractivity contribution in [1.29, 1.82) is 0 Å². The van der Waals surface area contributed by atoms with E-state index < -0.39 is 6.10 Å². The van der Waals surface area contributed by atoms with Gasteiger partial charge >= 0.3 is 0 Å². The lowest BCUT2D eigenvalue weighted by Crippen LogP contribution is -2.29. The van der Waals surface area contributed by atoms with E-state index >= 15 is 0 Å². The maximum atomic E-state index is 10.3. The summed E-state index contributed by atoms with van der Waals surface area (Å²) in [7, 11) is 1.59. The van der Waals surface area contributed by atoms with Gasteiger partial charge in [-0.2, -0.15) is 0 Å². The van der Waals surface area contributed by atoms with Crippen molar-refractivity contribution in [3.8, 4) is 11.8 Å². The summed E-state index contributed by atoms with van der Waals surface area (Å²) in [5.41, 5.74) is -0.204. The molecule has 1 rings (SSSR count). The summed E-state index contributed by atoms with van der Waals surface area (Å²) >= 11 is 0. The van der Waals surface area contributed by atoms with Crippen LogP contribution in [0.15, 0.2) is 0 Å². The fourth-order valence-corrected chi connectivity index (χ4v) is 2.81. The summed E-state index contributed by atoms with van der Waals surface area (Å²) < 4.78 is 16.5. The van der Waals surface area contributed by atoms with E-state index in [1.807, 2.05) is 0 Å². The fraction of sp³-hybridized carbons (Fsp3) is 0.895. The standard InChI is InChI=1S/C19H34O4/c1-6-7-8-9-16(23-19(2,3)4)12-10-15-11-13-17(18(15)20)22-14-21-5/h15-18,20H,6-9,11,13-14H2,1-5H3/t15-,16?,17-,18+/m0/s1. The molecule has 4 nitrogen and oxygen atoms in total. The highest BCUT2D eigenvalue weighted by Crippen LogP contribution is 2.28. The second-order valence-corrected chi connectivity index (χ2v) is 7.29. The van der Waals surface area contributed by atoms with Gasteiger partial charge in [0.25, 0.3) is 0 Å². The second-order valence-electron chi connectivity index (χ2n) is 7.29. The molecule has 0 spiro atoms. The van der Waals surface area contributed by atoms with Crippen LogP contribution in [0.5, 0.6) is 0 Å². The Hall–Kier alpha value is -0.600. The van der Waals surface area contributed by atoms with Gasteiger partial charge < -0.3 is 19.3 Å². The first-order valence-electron chi connectivity index (χ1n) is 8.85. The molecule has 0 aromatic carbocycles. The fourth-order valence-electron chi connectivity index (χ4n) is 2.81. The van der Waals surface area contributed by atoms with Crippen molar-refractivity contribution in [1.82, 2.24) is 0 Å². The Morgan fingerprint density at radius 1 is 1.22 bits per heavy atom. The third-order valence-corrected chi connectivity index (χ3v) is 3.95. The highest BCUT2D eigenvalue weighted by molar-refractivity contribution is 5.13. The Morgan fingerprint density at radius 2 is 1.96 bits per heavy atom. The van der Waals surface area contributed by atoms with Crippen molar-refractivity contribution in [3.63, 3.8) is 0 Å². The molecule has 0 saturated heterocycles. The van der Waals surface area contributed by atoms with Gasteiger partial charge in [0.05, 0.1) is 17.8 Å². The molecule has 4 heteroatoms. The van der Waals surface area contributed by atoms with Crippen molar-refractivity contribution >= 4 is 0 Å². The van der Waals surface area contributed by atoms with Gasteiger partial charge in [-0.25, -0.2) is 0 Å². The van der Waals surface area contributed by atoms with Gasteiger partial charge in [-0.1, -0.05) is 31.6 Å². The minimum Gasteiger partial charge on any atom is -0.389 e. The summed E-state index contributed by atoms with van der Waals surface area (Å²) in [6, 6.07) is 0. The lowest BCUT2D eigenvalue weighted by molar-refractivity contribution is -0.104. The molecule has 0 bridgehead atoms. The second kappa shape index (κ2) is 10.3. The van der Waals surface area contributed by atoms with E-state index in [2.05, 4.69) is 39.5 Å². The van der Waals surface area contributed by atoms with E-state index in [1.165, 1.54) is 12.8 Å². The summed E-state index contributed by atoms with van der Waals surface area (Å²) in [5, 5.41) is 10.3. The van der Waals surface area contributed by atoms with E-state index in [-0.39, 0.29) is 30.5 Å². The first kappa shape index (κ1) is 20.4. The number of methoxy groups -OCH3 is 1. The Balaban J connectivity index is 2.59. The van der Waals surface area contributed by atoms with Gasteiger partial charge in [-0.05, 0) is 46.5 Å². The number of rotatable bonds is 8. The number of unbranched alkanes of at least 4 members (excludes halogenated alkanes) is 2. The molecule has 0 heterocycles. The topological polar surface area (TPSA) is 47.9 Å². The normalized spacial score (nSPS) is 25.9. The molecule has 1 aliphatic carbocycles. The molecule has 0 aromatic rings. The third-order valence-electron chi connectivity index (χ3n) is 3.95. The van der Waals surface area contributed by atoms with Crippen LogP contribution >= 0.6 is 0 Å². The zero-order valence-electron chi connectivity index (χ0n) is 15.4. The van der Waals surface area contributed by atoms with Crippen LogP contribution in [0, 0.1) is 17.8 Å². The van der Waals surface area contributed by atoms with Crippen LogP contribution in [0.4, 0.5) is 0 Å². The van der Waals surface area contributed by atoms with Crippen LogP contribution < -0.4 is 0 Å². The highest BCUT2D eigenvalue weighted by Gasteiger charge is 2.34. The van der Waals surface area contributed by atoms with Gasteiger partial charge in [0.2, 0.25) is 0 Å². The summed E-state index contributed by atoms with van der Waals surface area (Å²) in [4.78, 5) is 0. The third kappa shape index (κ3) is 8.17. The molecule has 1 fully saturated rings. The molecule has 1 aliphatic rings. The van der Waals surface area contributed by atoms with Crippen LogP contribution in [-0.4, -0.2) is 42.9 Å². The lowest BCUT2D eigenvalue weighted by atomic mass is 10.0. The average Bonchev–Trinajstić information content (AvgIpc) is 2.82. The molecule has 1 N–H and O–H groups in total. The van der Waals surface area contributed by atoms with E-state index in [9.17, 15) is 5.11 Å². The van der Waals surface area contributed by atoms with Crippen molar-refractivity contribution in [2.24, 2.45) is 5.92 Å². The minimum absolute atomic E-state index is 0.0332. The summed E-state index contributed by atoms with van der Waals surface area (Å²) in [6.45, 7) is 8.58. The van der Waals surface area contributed by atoms with E-state index in [0.717, 1.165) is 25.7 Å². The first-order valence-corrected chi connectivity index (χ1v) is 8.85. The SMILES string of the molecule is CCCCCC(C#C[C@H]1CC[C@H](OCOC)[C@@H]1O)OC(C)(C)C. The van der Waals surface area contributed by atoms with Gasteiger partial charge in [-0.15, -0.1) is 0 Å². The van der Waals surface area contributed by atoms with E-state index in [0.29, 0.717) is 0 Å². The molecule has 23 heavy (non-hydrogen) atoms. The van der Waals surface area contributed by atoms with Gasteiger partial charge in [0.15, 0.2) is 0 Å². The average molecular weight is 326 g/mol. The monoisotopic (exact) mass is 326 g/mol.